The molecule has 12 heavy (non-hydrogen) atoms. The Morgan fingerprint density at radius 1 is 1.42 bits per heavy atom. The topological polar surface area (TPSA) is 35.5 Å². The smallest absolute Gasteiger partial charge is 0.0719 e. The van der Waals surface area contributed by atoms with Crippen molar-refractivity contribution in [3.05, 3.63) is 0 Å². The number of β-amino-alcohol motifs (C(OH)–C–C–N with tert-alkyl or cyclic N) is 1. The predicted molar refractivity (Wildman–Crippen MR) is 48.0 cm³/mol. The second kappa shape index (κ2) is 3.32. The average Bonchev–Trinajstić information content (AvgIpc) is 2.76. The van der Waals surface area contributed by atoms with Crippen LogP contribution in [0.25, 0.3) is 0 Å². The molecule has 2 fully saturated rings. The molecule has 2 aliphatic rings. The van der Waals surface area contributed by atoms with Crippen LogP contribution in [0.1, 0.15) is 12.8 Å². The second-order valence-corrected chi connectivity index (χ2v) is 4.23. The number of aliphatic hydroxyl groups is 1. The fourth-order valence-electron chi connectivity index (χ4n) is 1.87. The molecule has 3 nitrogen and oxygen atoms in total. The molecule has 2 N–H and O–H groups in total. The fraction of sp³-hybridized carbons (Fsp3) is 1.00. The fourth-order valence-corrected chi connectivity index (χ4v) is 1.87. The van der Waals surface area contributed by atoms with Gasteiger partial charge in [0.1, 0.15) is 0 Å². The van der Waals surface area contributed by atoms with Crippen molar-refractivity contribution >= 4 is 0 Å². The first kappa shape index (κ1) is 8.48. The lowest BCUT2D eigenvalue weighted by Gasteiger charge is -2.13. The van der Waals surface area contributed by atoms with Crippen LogP contribution in [-0.4, -0.2) is 48.8 Å². The minimum atomic E-state index is -0.110. The van der Waals surface area contributed by atoms with Crippen LogP contribution in [-0.2, 0) is 0 Å². The van der Waals surface area contributed by atoms with Crippen LogP contribution < -0.4 is 5.32 Å². The molecule has 0 aromatic heterocycles. The Morgan fingerprint density at radius 3 is 2.67 bits per heavy atom. The lowest BCUT2D eigenvalue weighted by molar-refractivity contribution is 0.142. The van der Waals surface area contributed by atoms with Crippen LogP contribution in [0, 0.1) is 5.92 Å². The van der Waals surface area contributed by atoms with E-state index in [-0.39, 0.29) is 6.10 Å². The molecule has 0 amide bonds. The number of rotatable bonds is 3. The van der Waals surface area contributed by atoms with Gasteiger partial charge in [-0.2, -0.15) is 0 Å². The first-order valence-electron chi connectivity index (χ1n) is 4.85. The molecule has 2 unspecified atom stereocenters. The summed E-state index contributed by atoms with van der Waals surface area (Å²) in [4.78, 5) is 2.20. The van der Waals surface area contributed by atoms with Crippen molar-refractivity contribution in [2.45, 2.75) is 25.0 Å². The van der Waals surface area contributed by atoms with Gasteiger partial charge in [0, 0.05) is 31.6 Å². The van der Waals surface area contributed by atoms with Crippen LogP contribution in [0.3, 0.4) is 0 Å². The minimum Gasteiger partial charge on any atom is -0.391 e. The molecule has 2 atom stereocenters. The van der Waals surface area contributed by atoms with Crippen molar-refractivity contribution in [3.63, 3.8) is 0 Å². The molecular formula is C9H18N2O. The molecule has 2 rings (SSSR count). The lowest BCUT2D eigenvalue weighted by Crippen LogP contribution is -2.31. The maximum Gasteiger partial charge on any atom is 0.0719 e. The monoisotopic (exact) mass is 170 g/mol. The Morgan fingerprint density at radius 2 is 2.17 bits per heavy atom. The van der Waals surface area contributed by atoms with Gasteiger partial charge in [0.2, 0.25) is 0 Å². The van der Waals surface area contributed by atoms with Gasteiger partial charge in [0.25, 0.3) is 0 Å². The normalized spacial score (nSPS) is 37.5. The molecule has 1 saturated heterocycles. The highest BCUT2D eigenvalue weighted by Crippen LogP contribution is 2.20. The van der Waals surface area contributed by atoms with Gasteiger partial charge >= 0.3 is 0 Å². The zero-order valence-corrected chi connectivity index (χ0v) is 7.66. The van der Waals surface area contributed by atoms with E-state index < -0.39 is 0 Å². The largest absolute Gasteiger partial charge is 0.391 e. The number of likely N-dealkylation sites (N-methyl/N-ethyl adjacent to an activating group) is 1. The molecule has 70 valence electrons. The van der Waals surface area contributed by atoms with E-state index in [0.29, 0.717) is 5.92 Å². The first-order valence-corrected chi connectivity index (χ1v) is 4.85. The molecule has 1 aliphatic heterocycles. The summed E-state index contributed by atoms with van der Waals surface area (Å²) < 4.78 is 0. The van der Waals surface area contributed by atoms with Gasteiger partial charge in [-0.1, -0.05) is 0 Å². The van der Waals surface area contributed by atoms with E-state index in [2.05, 4.69) is 17.3 Å². The van der Waals surface area contributed by atoms with E-state index in [1.165, 1.54) is 12.8 Å². The van der Waals surface area contributed by atoms with Crippen LogP contribution in [0.5, 0.6) is 0 Å². The van der Waals surface area contributed by atoms with Gasteiger partial charge in [0.05, 0.1) is 6.10 Å². The number of aliphatic hydroxyl groups excluding tert-OH is 1. The molecule has 0 aromatic rings. The maximum absolute atomic E-state index is 9.61. The van der Waals surface area contributed by atoms with Gasteiger partial charge in [0.15, 0.2) is 0 Å². The summed E-state index contributed by atoms with van der Waals surface area (Å²) in [6.45, 7) is 2.88. The molecular weight excluding hydrogens is 152 g/mol. The summed E-state index contributed by atoms with van der Waals surface area (Å²) >= 11 is 0. The van der Waals surface area contributed by atoms with Crippen molar-refractivity contribution in [1.29, 1.82) is 0 Å². The minimum absolute atomic E-state index is 0.110. The molecule has 0 radical (unpaired) electrons. The number of hydrogen-bond acceptors (Lipinski definition) is 3. The number of likely N-dealkylation sites (tertiary alicyclic amines) is 1. The highest BCUT2D eigenvalue weighted by molar-refractivity contribution is 4.87. The zero-order valence-electron chi connectivity index (χ0n) is 7.66. The Bertz CT molecular complexity index is 159. The number of nitrogens with one attached hydrogen (secondary N) is 1. The van der Waals surface area contributed by atoms with Gasteiger partial charge in [-0.3, -0.25) is 0 Å². The number of hydrogen-bond donors (Lipinski definition) is 2. The van der Waals surface area contributed by atoms with E-state index in [9.17, 15) is 5.11 Å². The molecule has 1 aliphatic carbocycles. The van der Waals surface area contributed by atoms with Crippen molar-refractivity contribution in [2.24, 2.45) is 5.92 Å². The molecule has 0 spiro atoms. The third-order valence-electron chi connectivity index (χ3n) is 2.84. The van der Waals surface area contributed by atoms with E-state index in [1.54, 1.807) is 0 Å². The lowest BCUT2D eigenvalue weighted by atomic mass is 10.1. The Hall–Kier alpha value is -0.120. The van der Waals surface area contributed by atoms with E-state index in [4.69, 9.17) is 0 Å². The molecule has 0 bridgehead atoms. The van der Waals surface area contributed by atoms with Crippen LogP contribution in [0.2, 0.25) is 0 Å². The summed E-state index contributed by atoms with van der Waals surface area (Å²) in [5.74, 6) is 0.454. The van der Waals surface area contributed by atoms with E-state index in [1.807, 2.05) is 0 Å². The van der Waals surface area contributed by atoms with Crippen LogP contribution in [0.15, 0.2) is 0 Å². The molecule has 1 saturated carbocycles. The summed E-state index contributed by atoms with van der Waals surface area (Å²) in [6.07, 6.45) is 2.55. The van der Waals surface area contributed by atoms with E-state index in [0.717, 1.165) is 25.7 Å². The van der Waals surface area contributed by atoms with Crippen molar-refractivity contribution in [3.8, 4) is 0 Å². The Labute approximate surface area is 73.8 Å². The Balaban J connectivity index is 1.71. The molecule has 0 aromatic carbocycles. The maximum atomic E-state index is 9.61. The van der Waals surface area contributed by atoms with Gasteiger partial charge in [-0.15, -0.1) is 0 Å². The van der Waals surface area contributed by atoms with Gasteiger partial charge in [-0.05, 0) is 19.9 Å². The summed E-state index contributed by atoms with van der Waals surface area (Å²) in [5.41, 5.74) is 0. The number of nitrogens with zero attached hydrogens (tertiary/aromatic N) is 1. The van der Waals surface area contributed by atoms with Gasteiger partial charge in [-0.25, -0.2) is 0 Å². The van der Waals surface area contributed by atoms with Crippen LogP contribution in [0.4, 0.5) is 0 Å². The highest BCUT2D eigenvalue weighted by atomic mass is 16.3. The van der Waals surface area contributed by atoms with Crippen molar-refractivity contribution < 1.29 is 5.11 Å². The SMILES string of the molecule is CN1CC(O)C(CNC2CC2)C1. The highest BCUT2D eigenvalue weighted by Gasteiger charge is 2.30. The summed E-state index contributed by atoms with van der Waals surface area (Å²) in [7, 11) is 2.07. The quantitative estimate of drug-likeness (QED) is 0.608. The van der Waals surface area contributed by atoms with Crippen molar-refractivity contribution in [1.82, 2.24) is 10.2 Å². The van der Waals surface area contributed by atoms with E-state index >= 15 is 0 Å². The summed E-state index contributed by atoms with van der Waals surface area (Å²) in [6, 6.07) is 0.767. The summed E-state index contributed by atoms with van der Waals surface area (Å²) in [5, 5.41) is 13.1. The first-order chi connectivity index (χ1) is 5.75. The molecule has 3 heteroatoms. The average molecular weight is 170 g/mol. The third-order valence-corrected chi connectivity index (χ3v) is 2.84. The third kappa shape index (κ3) is 1.97. The predicted octanol–water partition coefficient (Wildman–Crippen LogP) is -0.339. The second-order valence-electron chi connectivity index (χ2n) is 4.23. The standard InChI is InChI=1S/C9H18N2O/c1-11-5-7(9(12)6-11)4-10-8-2-3-8/h7-10,12H,2-6H2,1H3. The van der Waals surface area contributed by atoms with Gasteiger partial charge < -0.3 is 15.3 Å². The zero-order chi connectivity index (χ0) is 8.55. The van der Waals surface area contributed by atoms with Crippen molar-refractivity contribution in [2.75, 3.05) is 26.7 Å². The molecule has 1 heterocycles. The Kier molecular flexibility index (Phi) is 2.35. The van der Waals surface area contributed by atoms with Crippen LogP contribution >= 0.6 is 0 Å².